The Morgan fingerprint density at radius 3 is 2.52 bits per heavy atom. The largest absolute Gasteiger partial charge is 0.573 e. The average molecular weight is 457 g/mol. The number of fused-ring (bicyclic) bond motifs is 1. The summed E-state index contributed by atoms with van der Waals surface area (Å²) >= 11 is 6.11. The molecule has 10 heteroatoms. The van der Waals surface area contributed by atoms with Gasteiger partial charge in [0.15, 0.2) is 11.0 Å². The van der Waals surface area contributed by atoms with Crippen molar-refractivity contribution >= 4 is 28.5 Å². The van der Waals surface area contributed by atoms with E-state index < -0.39 is 28.9 Å². The van der Waals surface area contributed by atoms with Gasteiger partial charge in [-0.3, -0.25) is 9.59 Å². The van der Waals surface area contributed by atoms with Crippen LogP contribution < -0.4 is 14.9 Å². The van der Waals surface area contributed by atoms with Gasteiger partial charge in [-0.1, -0.05) is 17.7 Å². The molecule has 0 unspecified atom stereocenters. The quantitative estimate of drug-likeness (QED) is 0.527. The van der Waals surface area contributed by atoms with Crippen LogP contribution in [-0.4, -0.2) is 24.0 Å². The van der Waals surface area contributed by atoms with E-state index in [0.29, 0.717) is 0 Å². The van der Waals surface area contributed by atoms with Crippen LogP contribution in [-0.2, 0) is 4.79 Å². The Morgan fingerprint density at radius 1 is 1.16 bits per heavy atom. The number of alkyl halides is 3. The van der Waals surface area contributed by atoms with E-state index >= 15 is 0 Å². The zero-order valence-corrected chi connectivity index (χ0v) is 17.0. The van der Waals surface area contributed by atoms with E-state index in [1.54, 1.807) is 6.07 Å². The normalized spacial score (nSPS) is 12.1. The van der Waals surface area contributed by atoms with E-state index in [9.17, 15) is 27.9 Å². The smallest absolute Gasteiger partial charge is 0.492 e. The minimum absolute atomic E-state index is 0.0210. The molecule has 0 amide bonds. The minimum atomic E-state index is -4.94. The van der Waals surface area contributed by atoms with Crippen molar-refractivity contribution in [3.05, 3.63) is 57.7 Å². The second kappa shape index (κ2) is 8.14. The number of ether oxygens (including phenoxy) is 2. The summed E-state index contributed by atoms with van der Waals surface area (Å²) in [5.41, 5.74) is -1.55. The lowest BCUT2D eigenvalue weighted by Crippen LogP contribution is -2.30. The predicted octanol–water partition coefficient (Wildman–Crippen LogP) is 5.50. The number of benzene rings is 2. The number of aliphatic carboxylic acids is 1. The van der Waals surface area contributed by atoms with Crippen LogP contribution >= 0.6 is 11.6 Å². The van der Waals surface area contributed by atoms with Gasteiger partial charge in [-0.05, 0) is 38.1 Å². The summed E-state index contributed by atoms with van der Waals surface area (Å²) in [6, 6.07) is 8.94. The minimum Gasteiger partial charge on any atom is -0.492 e. The SMILES string of the molecule is CC(C)(COc1cc(OC(F)(F)F)ccc1-c1cc(=O)c2cccc(Cl)c2o1)C(=O)O. The number of carboxylic acids is 1. The molecule has 0 spiro atoms. The molecule has 31 heavy (non-hydrogen) atoms. The van der Waals surface area contributed by atoms with Gasteiger partial charge in [-0.25, -0.2) is 0 Å². The molecule has 6 nitrogen and oxygen atoms in total. The van der Waals surface area contributed by atoms with E-state index in [0.717, 1.165) is 18.2 Å². The van der Waals surface area contributed by atoms with Crippen LogP contribution in [0.3, 0.4) is 0 Å². The van der Waals surface area contributed by atoms with E-state index in [1.165, 1.54) is 32.0 Å². The van der Waals surface area contributed by atoms with Gasteiger partial charge in [-0.15, -0.1) is 13.2 Å². The van der Waals surface area contributed by atoms with Crippen LogP contribution in [0.5, 0.6) is 11.5 Å². The second-order valence-corrected chi connectivity index (χ2v) is 7.68. The maximum atomic E-state index is 12.6. The molecule has 0 aliphatic carbocycles. The standard InChI is InChI=1S/C21H16ClF3O6/c1-20(2,19(27)28)10-29-16-8-11(31-21(23,24)25)6-7-13(16)17-9-15(26)12-4-3-5-14(22)18(12)30-17/h3-9H,10H2,1-2H3,(H,27,28). The molecule has 0 aliphatic heterocycles. The highest BCUT2D eigenvalue weighted by Crippen LogP contribution is 2.37. The summed E-state index contributed by atoms with van der Waals surface area (Å²) in [6.07, 6.45) is -4.94. The molecule has 0 atom stereocenters. The summed E-state index contributed by atoms with van der Waals surface area (Å²) in [7, 11) is 0. The number of rotatable bonds is 6. The third-order valence-electron chi connectivity index (χ3n) is 4.33. The number of hydrogen-bond acceptors (Lipinski definition) is 5. The topological polar surface area (TPSA) is 86.0 Å². The molecule has 0 saturated carbocycles. The lowest BCUT2D eigenvalue weighted by atomic mass is 9.95. The highest BCUT2D eigenvalue weighted by Gasteiger charge is 2.32. The monoisotopic (exact) mass is 456 g/mol. The Bertz CT molecular complexity index is 1200. The summed E-state index contributed by atoms with van der Waals surface area (Å²) < 4.78 is 53.1. The first kappa shape index (κ1) is 22.5. The lowest BCUT2D eigenvalue weighted by molar-refractivity contribution is -0.274. The molecule has 3 aromatic rings. The van der Waals surface area contributed by atoms with Crippen LogP contribution in [0.4, 0.5) is 13.2 Å². The summed E-state index contributed by atoms with van der Waals surface area (Å²) in [5.74, 6) is -1.93. The van der Waals surface area contributed by atoms with Crippen molar-refractivity contribution in [3.8, 4) is 22.8 Å². The molecular weight excluding hydrogens is 441 g/mol. The van der Waals surface area contributed by atoms with E-state index in [-0.39, 0.29) is 39.7 Å². The molecule has 2 aromatic carbocycles. The van der Waals surface area contributed by atoms with Crippen LogP contribution in [0.15, 0.2) is 51.7 Å². The van der Waals surface area contributed by atoms with Gasteiger partial charge >= 0.3 is 12.3 Å². The zero-order chi connectivity index (χ0) is 23.0. The van der Waals surface area contributed by atoms with Gasteiger partial charge in [-0.2, -0.15) is 0 Å². The number of hydrogen-bond donors (Lipinski definition) is 1. The van der Waals surface area contributed by atoms with Gasteiger partial charge in [0.05, 0.1) is 21.4 Å². The Hall–Kier alpha value is -3.20. The first-order valence-electron chi connectivity index (χ1n) is 8.86. The maximum Gasteiger partial charge on any atom is 0.573 e. The van der Waals surface area contributed by atoms with Gasteiger partial charge in [0.1, 0.15) is 23.9 Å². The number of carboxylic acid groups (broad SMARTS) is 1. The van der Waals surface area contributed by atoms with Gasteiger partial charge < -0.3 is 19.0 Å². The van der Waals surface area contributed by atoms with Gasteiger partial charge in [0.2, 0.25) is 0 Å². The third-order valence-corrected chi connectivity index (χ3v) is 4.62. The molecule has 0 bridgehead atoms. The van der Waals surface area contributed by atoms with Gasteiger partial charge in [0, 0.05) is 12.1 Å². The lowest BCUT2D eigenvalue weighted by Gasteiger charge is -2.21. The van der Waals surface area contributed by atoms with Crippen molar-refractivity contribution in [2.45, 2.75) is 20.2 Å². The molecule has 0 aliphatic rings. The predicted molar refractivity (Wildman–Crippen MR) is 107 cm³/mol. The molecule has 0 radical (unpaired) electrons. The van der Waals surface area contributed by atoms with Crippen molar-refractivity contribution in [2.24, 2.45) is 5.41 Å². The highest BCUT2D eigenvalue weighted by atomic mass is 35.5. The van der Waals surface area contributed by atoms with Crippen LogP contribution in [0.2, 0.25) is 5.02 Å². The Balaban J connectivity index is 2.12. The van der Waals surface area contributed by atoms with Crippen molar-refractivity contribution in [3.63, 3.8) is 0 Å². The molecule has 0 fully saturated rings. The third kappa shape index (κ3) is 5.11. The second-order valence-electron chi connectivity index (χ2n) is 7.27. The number of carbonyl (C=O) groups is 1. The summed E-state index contributed by atoms with van der Waals surface area (Å²) in [5, 5.41) is 9.66. The average Bonchev–Trinajstić information content (AvgIpc) is 2.66. The Labute approximate surface area is 178 Å². The van der Waals surface area contributed by atoms with Crippen LogP contribution in [0, 0.1) is 5.41 Å². The van der Waals surface area contributed by atoms with E-state index in [1.807, 2.05) is 0 Å². The molecular formula is C21H16ClF3O6. The van der Waals surface area contributed by atoms with Crippen molar-refractivity contribution in [1.82, 2.24) is 0 Å². The zero-order valence-electron chi connectivity index (χ0n) is 16.2. The molecule has 0 saturated heterocycles. The Morgan fingerprint density at radius 2 is 1.87 bits per heavy atom. The highest BCUT2D eigenvalue weighted by molar-refractivity contribution is 6.34. The molecule has 1 N–H and O–H groups in total. The molecule has 1 aromatic heterocycles. The first-order chi connectivity index (χ1) is 14.4. The van der Waals surface area contributed by atoms with Gasteiger partial charge in [0.25, 0.3) is 0 Å². The molecule has 1 heterocycles. The number of halogens is 4. The fourth-order valence-corrected chi connectivity index (χ4v) is 2.83. The Kier molecular flexibility index (Phi) is 5.91. The number of para-hydroxylation sites is 1. The van der Waals surface area contributed by atoms with E-state index in [2.05, 4.69) is 4.74 Å². The first-order valence-corrected chi connectivity index (χ1v) is 9.24. The maximum absolute atomic E-state index is 12.6. The summed E-state index contributed by atoms with van der Waals surface area (Å²) in [6.45, 7) is 2.41. The van der Waals surface area contributed by atoms with Crippen LogP contribution in [0.25, 0.3) is 22.3 Å². The van der Waals surface area contributed by atoms with Crippen molar-refractivity contribution in [1.29, 1.82) is 0 Å². The van der Waals surface area contributed by atoms with Crippen molar-refractivity contribution in [2.75, 3.05) is 6.61 Å². The fraction of sp³-hybridized carbons (Fsp3) is 0.238. The van der Waals surface area contributed by atoms with Crippen molar-refractivity contribution < 1.29 is 37.0 Å². The molecule has 3 rings (SSSR count). The van der Waals surface area contributed by atoms with Crippen LogP contribution in [0.1, 0.15) is 13.8 Å². The molecule has 164 valence electrons. The van der Waals surface area contributed by atoms with E-state index in [4.69, 9.17) is 20.8 Å². The summed E-state index contributed by atoms with van der Waals surface area (Å²) in [4.78, 5) is 23.8. The fourth-order valence-electron chi connectivity index (χ4n) is 2.62.